The first-order valence-electron chi connectivity index (χ1n) is 14.4. The maximum atomic E-state index is 13.3. The van der Waals surface area contributed by atoms with Gasteiger partial charge in [-0.25, -0.2) is 4.79 Å². The van der Waals surface area contributed by atoms with Gasteiger partial charge in [0.05, 0.1) is 0 Å². The van der Waals surface area contributed by atoms with Crippen molar-refractivity contribution in [2.24, 2.45) is 0 Å². The van der Waals surface area contributed by atoms with Crippen LogP contribution >= 0.6 is 0 Å². The second-order valence-electron chi connectivity index (χ2n) is 11.3. The summed E-state index contributed by atoms with van der Waals surface area (Å²) in [4.78, 5) is 24.1. The number of carbonyl (C=O) groups excluding carboxylic acids is 2. The van der Waals surface area contributed by atoms with Gasteiger partial charge in [0.15, 0.2) is 0 Å². The molecule has 284 valence electrons. The van der Waals surface area contributed by atoms with Crippen molar-refractivity contribution in [1.29, 1.82) is 0 Å². The van der Waals surface area contributed by atoms with Gasteiger partial charge >= 0.3 is 42.3 Å². The highest BCUT2D eigenvalue weighted by atomic mass is 19.4. The van der Waals surface area contributed by atoms with E-state index < -0.39 is 49.2 Å². The number of ether oxygens (including phenoxy) is 2. The summed E-state index contributed by atoms with van der Waals surface area (Å²) in [5.74, 6) is -18.0. The number of alkyl halides is 13. The molecule has 1 atom stereocenters. The number of carbonyl (C=O) groups is 2. The Balaban J connectivity index is 0.000000773. The molecule has 1 N–H and O–H groups in total. The average molecular weight is 739 g/mol. The molecule has 2 heterocycles. The maximum absolute atomic E-state index is 13.3. The SMILES string of the molecule is C=CCC1(CC=C)CCCN1.C=CCC1(CC=C)CCCN1C(C)=O.CC(F)(F)OC(=O)C(F)(OC(F)(F)C(F)(F)C(F)(F)F)C(F)(F)F. The molecule has 2 fully saturated rings. The van der Waals surface area contributed by atoms with Crippen molar-refractivity contribution in [3.05, 3.63) is 50.6 Å². The predicted molar refractivity (Wildman–Crippen MR) is 152 cm³/mol. The number of nitrogens with zero attached hydrogens (tertiary/aromatic N) is 1. The summed E-state index contributed by atoms with van der Waals surface area (Å²) in [5.41, 5.74) is 0.291. The van der Waals surface area contributed by atoms with E-state index in [4.69, 9.17) is 0 Å². The molecule has 2 aliphatic heterocycles. The maximum Gasteiger partial charge on any atom is 0.462 e. The number of hydrogen-bond acceptors (Lipinski definition) is 5. The Morgan fingerprint density at radius 2 is 1.22 bits per heavy atom. The minimum Gasteiger partial charge on any atom is -0.396 e. The van der Waals surface area contributed by atoms with Crippen LogP contribution in [0.2, 0.25) is 0 Å². The molecule has 6 nitrogen and oxygen atoms in total. The van der Waals surface area contributed by atoms with Crippen LogP contribution in [0.25, 0.3) is 0 Å². The highest BCUT2D eigenvalue weighted by Crippen LogP contribution is 2.51. The second kappa shape index (κ2) is 17.2. The van der Waals surface area contributed by atoms with Crippen LogP contribution in [0.1, 0.15) is 65.2 Å². The van der Waals surface area contributed by atoms with Crippen LogP contribution in [0.4, 0.5) is 57.1 Å². The normalized spacial score (nSPS) is 18.9. The van der Waals surface area contributed by atoms with Gasteiger partial charge in [0, 0.05) is 31.5 Å². The van der Waals surface area contributed by atoms with E-state index in [0.717, 1.165) is 51.6 Å². The van der Waals surface area contributed by atoms with Crippen LogP contribution in [-0.4, -0.2) is 77.3 Å². The lowest BCUT2D eigenvalue weighted by molar-refractivity contribution is -0.476. The third-order valence-electron chi connectivity index (χ3n) is 7.32. The molecule has 0 aromatic rings. The Bertz CT molecular complexity index is 1120. The standard InChI is InChI=1S/C12H19NO.C10H17N.C8H3F13O3/c1-4-7-12(8-5-2)9-6-10-13(12)11(3)14;1-3-6-10(7-4-2)8-5-9-11-10;1-3(9,10)23-2(22)4(11,6(14,15)16)24-8(20,21)5(12,13)7(17,18)19/h4-5H,1-2,6-10H2,3H3;3-4,11H,1-2,5-9H2;1H3. The molecule has 1 amide bonds. The molecular formula is C30H39F13N2O4. The van der Waals surface area contributed by atoms with E-state index >= 15 is 0 Å². The summed E-state index contributed by atoms with van der Waals surface area (Å²) in [7, 11) is 0. The van der Waals surface area contributed by atoms with E-state index in [1.165, 1.54) is 12.8 Å². The first-order valence-corrected chi connectivity index (χ1v) is 14.4. The number of esters is 1. The van der Waals surface area contributed by atoms with E-state index in [1.54, 1.807) is 11.7 Å². The van der Waals surface area contributed by atoms with Crippen LogP contribution in [0, 0.1) is 0 Å². The summed E-state index contributed by atoms with van der Waals surface area (Å²) < 4.78 is 164. The minimum absolute atomic E-state index is 0.0185. The molecule has 2 saturated heterocycles. The molecule has 19 heteroatoms. The van der Waals surface area contributed by atoms with E-state index in [9.17, 15) is 66.7 Å². The first-order chi connectivity index (χ1) is 22.1. The lowest BCUT2D eigenvalue weighted by Crippen LogP contribution is -2.62. The number of amides is 1. The fourth-order valence-electron chi connectivity index (χ4n) is 5.18. The van der Waals surface area contributed by atoms with Crippen molar-refractivity contribution in [2.75, 3.05) is 13.1 Å². The predicted octanol–water partition coefficient (Wildman–Crippen LogP) is 8.96. The molecule has 0 aromatic heterocycles. The summed E-state index contributed by atoms with van der Waals surface area (Å²) in [6, 6.07) is 0. The third kappa shape index (κ3) is 12.0. The van der Waals surface area contributed by atoms with Crippen LogP contribution in [0.3, 0.4) is 0 Å². The van der Waals surface area contributed by atoms with Gasteiger partial charge in [-0.3, -0.25) is 9.53 Å². The van der Waals surface area contributed by atoms with Gasteiger partial charge in [0.1, 0.15) is 0 Å². The Labute approximate surface area is 275 Å². The quantitative estimate of drug-likeness (QED) is 0.116. The van der Waals surface area contributed by atoms with Crippen molar-refractivity contribution in [3.8, 4) is 0 Å². The highest BCUT2D eigenvalue weighted by Gasteiger charge is 2.80. The van der Waals surface area contributed by atoms with Crippen molar-refractivity contribution >= 4 is 11.9 Å². The van der Waals surface area contributed by atoms with E-state index in [2.05, 4.69) is 36.4 Å². The van der Waals surface area contributed by atoms with Crippen LogP contribution in [0.15, 0.2) is 50.6 Å². The third-order valence-corrected chi connectivity index (χ3v) is 7.32. The van der Waals surface area contributed by atoms with Gasteiger partial charge in [0.2, 0.25) is 5.91 Å². The van der Waals surface area contributed by atoms with E-state index in [1.807, 2.05) is 29.2 Å². The lowest BCUT2D eigenvalue weighted by atomic mass is 9.88. The zero-order valence-corrected chi connectivity index (χ0v) is 26.7. The van der Waals surface area contributed by atoms with Crippen molar-refractivity contribution in [2.45, 2.75) is 113 Å². The summed E-state index contributed by atoms with van der Waals surface area (Å²) in [6.07, 6.45) is -10.2. The zero-order chi connectivity index (χ0) is 38.8. The van der Waals surface area contributed by atoms with Gasteiger partial charge in [-0.2, -0.15) is 57.1 Å². The Hall–Kier alpha value is -3.09. The fraction of sp³-hybridized carbons (Fsp3) is 0.667. The van der Waals surface area contributed by atoms with E-state index in [-0.39, 0.29) is 11.4 Å². The molecule has 0 aliphatic carbocycles. The van der Waals surface area contributed by atoms with Gasteiger partial charge in [0.25, 0.3) is 0 Å². The van der Waals surface area contributed by atoms with Crippen LogP contribution in [0.5, 0.6) is 0 Å². The molecule has 2 aliphatic rings. The number of rotatable bonds is 13. The molecule has 49 heavy (non-hydrogen) atoms. The number of nitrogens with one attached hydrogen (secondary N) is 1. The highest BCUT2D eigenvalue weighted by molar-refractivity contribution is 5.79. The second-order valence-corrected chi connectivity index (χ2v) is 11.3. The van der Waals surface area contributed by atoms with Crippen molar-refractivity contribution in [1.82, 2.24) is 10.2 Å². The molecule has 0 spiro atoms. The molecule has 2 rings (SSSR count). The summed E-state index contributed by atoms with van der Waals surface area (Å²) >= 11 is 0. The van der Waals surface area contributed by atoms with Gasteiger partial charge in [-0.05, 0) is 57.9 Å². The van der Waals surface area contributed by atoms with Gasteiger partial charge in [-0.1, -0.05) is 24.3 Å². The van der Waals surface area contributed by atoms with Gasteiger partial charge < -0.3 is 15.0 Å². The van der Waals surface area contributed by atoms with Crippen molar-refractivity contribution in [3.63, 3.8) is 0 Å². The Morgan fingerprint density at radius 1 is 0.755 bits per heavy atom. The Morgan fingerprint density at radius 3 is 1.55 bits per heavy atom. The number of halogens is 13. The zero-order valence-electron chi connectivity index (χ0n) is 26.7. The molecule has 0 bridgehead atoms. The fourth-order valence-corrected chi connectivity index (χ4v) is 5.18. The largest absolute Gasteiger partial charge is 0.462 e. The molecule has 0 saturated carbocycles. The average Bonchev–Trinajstić information content (AvgIpc) is 3.55. The molecule has 1 unspecified atom stereocenters. The van der Waals surface area contributed by atoms with E-state index in [0.29, 0.717) is 5.54 Å². The van der Waals surface area contributed by atoms with Crippen LogP contribution in [-0.2, 0) is 19.1 Å². The number of likely N-dealkylation sites (tertiary alicyclic amines) is 1. The lowest BCUT2D eigenvalue weighted by Gasteiger charge is -2.36. The monoisotopic (exact) mass is 738 g/mol. The Kier molecular flexibility index (Phi) is 16.1. The topological polar surface area (TPSA) is 67.9 Å². The molecule has 0 radical (unpaired) electrons. The summed E-state index contributed by atoms with van der Waals surface area (Å²) in [6.45, 7) is 18.3. The smallest absolute Gasteiger partial charge is 0.396 e. The molecule has 0 aromatic carbocycles. The number of hydrogen-bond donors (Lipinski definition) is 1. The minimum atomic E-state index is -7.42. The van der Waals surface area contributed by atoms with Gasteiger partial charge in [-0.15, -0.1) is 26.3 Å². The van der Waals surface area contributed by atoms with Crippen LogP contribution < -0.4 is 5.32 Å². The first kappa shape index (κ1) is 45.9. The molecular weight excluding hydrogens is 699 g/mol. The van der Waals surface area contributed by atoms with Crippen molar-refractivity contribution < 1.29 is 76.1 Å². The summed E-state index contributed by atoms with van der Waals surface area (Å²) in [5, 5.41) is 3.53.